The van der Waals surface area contributed by atoms with Crippen LogP contribution in [0.3, 0.4) is 0 Å². The number of hydrogen-bond donors (Lipinski definition) is 10. The van der Waals surface area contributed by atoms with Gasteiger partial charge in [0.15, 0.2) is 40.5 Å². The van der Waals surface area contributed by atoms with E-state index in [-0.39, 0.29) is 22.8 Å². The van der Waals surface area contributed by atoms with Gasteiger partial charge in [-0.2, -0.15) is 0 Å². The van der Waals surface area contributed by atoms with E-state index in [1.54, 1.807) is 48.5 Å². The summed E-state index contributed by atoms with van der Waals surface area (Å²) < 4.78 is 0. The van der Waals surface area contributed by atoms with Crippen molar-refractivity contribution in [3.05, 3.63) is 115 Å². The molecule has 10 rings (SSSR count). The van der Waals surface area contributed by atoms with Gasteiger partial charge < -0.3 is 51.1 Å². The number of aromatic nitrogens is 3. The summed E-state index contributed by atoms with van der Waals surface area (Å²) in [6.07, 6.45) is 0. The lowest BCUT2D eigenvalue weighted by atomic mass is 9.87. The lowest BCUT2D eigenvalue weighted by molar-refractivity contribution is 0.329. The molecule has 0 radical (unpaired) electrons. The Balaban J connectivity index is 1.37. The SMILES string of the molecule is Oc1c(O)c(O)c(-c2nc(-c3c4ccccc4c(-c4c(O)c(O)c(O)c(O)c4O)c4ccccc34)nc(-c3cc4c5ccccc5ccc4c4ccccc34)n2)c(O)c1O. The molecule has 10 N–H and O–H groups in total. The maximum Gasteiger partial charge on any atom is 0.208 e. The molecule has 0 spiro atoms. The van der Waals surface area contributed by atoms with E-state index in [0.717, 1.165) is 32.3 Å². The number of fused-ring (bicyclic) bond motifs is 7. The summed E-state index contributed by atoms with van der Waals surface area (Å²) in [5.41, 5.74) is 0.0384. The third-order valence-corrected chi connectivity index (χ3v) is 11.0. The van der Waals surface area contributed by atoms with Crippen LogP contribution in [0.2, 0.25) is 0 Å². The van der Waals surface area contributed by atoms with Crippen molar-refractivity contribution >= 4 is 53.9 Å². The van der Waals surface area contributed by atoms with E-state index < -0.39 is 68.9 Å². The second kappa shape index (κ2) is 12.9. The van der Waals surface area contributed by atoms with Gasteiger partial charge in [0, 0.05) is 16.7 Å². The van der Waals surface area contributed by atoms with E-state index in [4.69, 9.17) is 15.0 Å². The highest BCUT2D eigenvalue weighted by molar-refractivity contribution is 6.23. The van der Waals surface area contributed by atoms with Crippen LogP contribution in [0.25, 0.3) is 99.2 Å². The first-order chi connectivity index (χ1) is 29.0. The molecule has 9 aromatic carbocycles. The van der Waals surface area contributed by atoms with Gasteiger partial charge in [-0.1, -0.05) is 109 Å². The lowest BCUT2D eigenvalue weighted by Crippen LogP contribution is -2.03. The van der Waals surface area contributed by atoms with E-state index in [1.165, 1.54) is 0 Å². The van der Waals surface area contributed by atoms with Crippen molar-refractivity contribution in [2.45, 2.75) is 0 Å². The predicted molar refractivity (Wildman–Crippen MR) is 226 cm³/mol. The largest absolute Gasteiger partial charge is 0.504 e. The minimum atomic E-state index is -1.17. The molecule has 0 aliphatic carbocycles. The zero-order valence-corrected chi connectivity index (χ0v) is 30.8. The Bertz CT molecular complexity index is 3400. The Kier molecular flexibility index (Phi) is 7.68. The second-order valence-electron chi connectivity index (χ2n) is 14.2. The van der Waals surface area contributed by atoms with Gasteiger partial charge in [0.2, 0.25) is 34.5 Å². The number of benzene rings is 9. The van der Waals surface area contributed by atoms with E-state index in [9.17, 15) is 51.1 Å². The summed E-state index contributed by atoms with van der Waals surface area (Å²) in [6, 6.07) is 35.1. The lowest BCUT2D eigenvalue weighted by Gasteiger charge is -2.20. The van der Waals surface area contributed by atoms with Gasteiger partial charge in [0.25, 0.3) is 0 Å². The van der Waals surface area contributed by atoms with Gasteiger partial charge in [-0.25, -0.2) is 15.0 Å². The van der Waals surface area contributed by atoms with Crippen LogP contribution in [-0.4, -0.2) is 66.0 Å². The maximum absolute atomic E-state index is 11.2. The fourth-order valence-electron chi connectivity index (χ4n) is 8.22. The molecule has 0 aliphatic heterocycles. The van der Waals surface area contributed by atoms with Crippen LogP contribution in [-0.2, 0) is 0 Å². The predicted octanol–water partition coefficient (Wildman–Crippen LogP) is 9.36. The van der Waals surface area contributed by atoms with Crippen molar-refractivity contribution in [1.82, 2.24) is 15.0 Å². The Hall–Kier alpha value is -8.71. The quantitative estimate of drug-likeness (QED) is 0.0346. The molecule has 1 heterocycles. The van der Waals surface area contributed by atoms with Gasteiger partial charge in [-0.05, 0) is 59.9 Å². The number of nitrogens with zero attached hydrogens (tertiary/aromatic N) is 3. The summed E-state index contributed by atoms with van der Waals surface area (Å²) in [5.74, 6) is -10.9. The zero-order valence-electron chi connectivity index (χ0n) is 30.8. The van der Waals surface area contributed by atoms with E-state index in [1.807, 2.05) is 66.7 Å². The number of aromatic hydroxyl groups is 10. The molecule has 0 bridgehead atoms. The average Bonchev–Trinajstić information content (AvgIpc) is 3.28. The molecule has 1 aromatic heterocycles. The van der Waals surface area contributed by atoms with Crippen molar-refractivity contribution in [2.75, 3.05) is 0 Å². The highest BCUT2D eigenvalue weighted by atomic mass is 16.4. The fourth-order valence-corrected chi connectivity index (χ4v) is 8.22. The number of phenolic OH excluding ortho intramolecular Hbond substituents is 10. The molecule has 13 heteroatoms. The van der Waals surface area contributed by atoms with E-state index >= 15 is 0 Å². The standard InChI is InChI=1S/C47H29N3O10/c51-35-33(36(52)40(56)43(59)39(35)55)31-25-13-5-7-15-27(25)32(28-16-8-6-14-26(28)31)46-48-45(49-47(50-46)34-37(53)41(57)44(60)42(58)38(34)54)30-19-29-21-10-2-1-9-20(21)17-18-24(29)22-11-3-4-12-23(22)30/h1-19,51-60H. The smallest absolute Gasteiger partial charge is 0.208 e. The minimum absolute atomic E-state index is 0.0354. The molecular formula is C47H29N3O10. The van der Waals surface area contributed by atoms with Crippen LogP contribution in [0.15, 0.2) is 115 Å². The van der Waals surface area contributed by atoms with Crippen LogP contribution in [0, 0.1) is 0 Å². The van der Waals surface area contributed by atoms with Crippen LogP contribution in [0.1, 0.15) is 0 Å². The Morgan fingerprint density at radius 2 is 0.617 bits per heavy atom. The summed E-state index contributed by atoms with van der Waals surface area (Å²) in [5, 5.41) is 115. The van der Waals surface area contributed by atoms with E-state index in [0.29, 0.717) is 32.7 Å². The zero-order chi connectivity index (χ0) is 41.7. The Morgan fingerprint density at radius 1 is 0.250 bits per heavy atom. The monoisotopic (exact) mass is 795 g/mol. The minimum Gasteiger partial charge on any atom is -0.504 e. The molecule has 0 fully saturated rings. The van der Waals surface area contributed by atoms with Crippen LogP contribution >= 0.6 is 0 Å². The number of rotatable bonds is 4. The summed E-state index contributed by atoms with van der Waals surface area (Å²) >= 11 is 0. The Labute approximate surface area is 337 Å². The van der Waals surface area contributed by atoms with Gasteiger partial charge in [0.1, 0.15) is 5.56 Å². The van der Waals surface area contributed by atoms with Crippen LogP contribution in [0.5, 0.6) is 57.5 Å². The maximum atomic E-state index is 11.2. The van der Waals surface area contributed by atoms with Crippen LogP contribution in [0.4, 0.5) is 0 Å². The summed E-state index contributed by atoms with van der Waals surface area (Å²) in [7, 11) is 0. The summed E-state index contributed by atoms with van der Waals surface area (Å²) in [4.78, 5) is 14.6. The molecule has 60 heavy (non-hydrogen) atoms. The molecule has 0 atom stereocenters. The number of hydrogen-bond acceptors (Lipinski definition) is 13. The van der Waals surface area contributed by atoms with Crippen molar-refractivity contribution in [3.8, 4) is 103 Å². The molecule has 0 saturated heterocycles. The molecule has 0 aliphatic rings. The normalized spacial score (nSPS) is 11.7. The highest BCUT2D eigenvalue weighted by Gasteiger charge is 2.31. The summed E-state index contributed by atoms with van der Waals surface area (Å²) in [6.45, 7) is 0. The molecule has 292 valence electrons. The molecule has 0 saturated carbocycles. The first-order valence-corrected chi connectivity index (χ1v) is 18.4. The fraction of sp³-hybridized carbons (Fsp3) is 0. The van der Waals surface area contributed by atoms with Crippen LogP contribution < -0.4 is 0 Å². The van der Waals surface area contributed by atoms with Gasteiger partial charge in [-0.3, -0.25) is 0 Å². The van der Waals surface area contributed by atoms with Crippen molar-refractivity contribution in [3.63, 3.8) is 0 Å². The molecule has 0 unspecified atom stereocenters. The van der Waals surface area contributed by atoms with E-state index in [2.05, 4.69) is 0 Å². The molecular weight excluding hydrogens is 767 g/mol. The van der Waals surface area contributed by atoms with Gasteiger partial charge in [-0.15, -0.1) is 0 Å². The first-order valence-electron chi connectivity index (χ1n) is 18.4. The highest BCUT2D eigenvalue weighted by Crippen LogP contribution is 2.58. The molecule has 13 nitrogen and oxygen atoms in total. The van der Waals surface area contributed by atoms with Crippen molar-refractivity contribution < 1.29 is 51.1 Å². The molecule has 10 aromatic rings. The van der Waals surface area contributed by atoms with Crippen molar-refractivity contribution in [2.24, 2.45) is 0 Å². The first kappa shape index (κ1) is 35.7. The second-order valence-corrected chi connectivity index (χ2v) is 14.2. The van der Waals surface area contributed by atoms with Crippen molar-refractivity contribution in [1.29, 1.82) is 0 Å². The number of phenols is 10. The third kappa shape index (κ3) is 4.96. The molecule has 0 amide bonds. The average molecular weight is 796 g/mol. The third-order valence-electron chi connectivity index (χ3n) is 11.0. The topological polar surface area (TPSA) is 241 Å². The van der Waals surface area contributed by atoms with Gasteiger partial charge in [0.05, 0.1) is 5.56 Å². The Morgan fingerprint density at radius 3 is 1.15 bits per heavy atom. The van der Waals surface area contributed by atoms with Gasteiger partial charge >= 0.3 is 0 Å².